The molecule has 0 saturated carbocycles. The van der Waals surface area contributed by atoms with E-state index < -0.39 is 17.5 Å². The molecule has 0 aromatic heterocycles. The molecule has 1 aromatic rings. The molecule has 0 aliphatic rings. The van der Waals surface area contributed by atoms with Crippen molar-refractivity contribution in [3.8, 4) is 0 Å². The molecule has 2 nitrogen and oxygen atoms in total. The van der Waals surface area contributed by atoms with Gasteiger partial charge in [-0.3, -0.25) is 0 Å². The van der Waals surface area contributed by atoms with Crippen LogP contribution in [0.15, 0.2) is 29.2 Å². The van der Waals surface area contributed by atoms with Crippen LogP contribution < -0.4 is 0 Å². The molecule has 0 spiro atoms. The van der Waals surface area contributed by atoms with Crippen LogP contribution in [0.3, 0.4) is 0 Å². The number of carboxylic acid groups (broad SMARTS) is 1. The molecule has 0 bridgehead atoms. The molecule has 5 heteroatoms. The summed E-state index contributed by atoms with van der Waals surface area (Å²) < 4.78 is 26.8. The molecule has 0 atom stereocenters. The molecule has 16 heavy (non-hydrogen) atoms. The molecule has 1 rings (SSSR count). The molecular weight excluding hydrogens is 234 g/mol. The Balaban J connectivity index is 3.17. The number of thioether (sulfide) groups is 1. The number of rotatable bonds is 4. The van der Waals surface area contributed by atoms with Crippen LogP contribution in [0.2, 0.25) is 0 Å². The first kappa shape index (κ1) is 13.0. The molecule has 1 aromatic carbocycles. The molecule has 0 fully saturated rings. The third kappa shape index (κ3) is 2.72. The van der Waals surface area contributed by atoms with E-state index in [2.05, 4.69) is 0 Å². The third-order valence-electron chi connectivity index (χ3n) is 1.86. The summed E-state index contributed by atoms with van der Waals surface area (Å²) in [6.45, 7) is 3.72. The minimum absolute atomic E-state index is 0.116. The van der Waals surface area contributed by atoms with Gasteiger partial charge in [0.25, 0.3) is 0 Å². The minimum Gasteiger partial charge on any atom is -0.477 e. The van der Waals surface area contributed by atoms with E-state index >= 15 is 0 Å². The van der Waals surface area contributed by atoms with Crippen LogP contribution in [0.25, 0.3) is 0 Å². The Morgan fingerprint density at radius 1 is 1.38 bits per heavy atom. The predicted octanol–water partition coefficient (Wildman–Crippen LogP) is 3.36. The lowest BCUT2D eigenvalue weighted by molar-refractivity contribution is -0.166. The molecule has 0 aliphatic carbocycles. The van der Waals surface area contributed by atoms with Gasteiger partial charge in [0.15, 0.2) is 0 Å². The van der Waals surface area contributed by atoms with Crippen LogP contribution in [0.4, 0.5) is 8.78 Å². The number of benzene rings is 1. The summed E-state index contributed by atoms with van der Waals surface area (Å²) in [5, 5.41) is 8.61. The lowest BCUT2D eigenvalue weighted by atomic mass is 10.1. The second-order valence-electron chi connectivity index (χ2n) is 3.54. The first-order valence-corrected chi connectivity index (χ1v) is 5.61. The Labute approximate surface area is 96.7 Å². The van der Waals surface area contributed by atoms with Crippen molar-refractivity contribution in [2.45, 2.75) is 29.9 Å². The molecule has 0 heterocycles. The van der Waals surface area contributed by atoms with Gasteiger partial charge in [-0.05, 0) is 6.07 Å². The monoisotopic (exact) mass is 246 g/mol. The summed E-state index contributed by atoms with van der Waals surface area (Å²) in [6, 6.07) is 5.69. The van der Waals surface area contributed by atoms with Gasteiger partial charge >= 0.3 is 11.9 Å². The molecule has 0 amide bonds. The summed E-state index contributed by atoms with van der Waals surface area (Å²) in [7, 11) is 0. The summed E-state index contributed by atoms with van der Waals surface area (Å²) >= 11 is 1.23. The smallest absolute Gasteiger partial charge is 0.379 e. The number of carboxylic acids is 1. The van der Waals surface area contributed by atoms with Crippen molar-refractivity contribution in [2.75, 3.05) is 0 Å². The van der Waals surface area contributed by atoms with Crippen molar-refractivity contribution >= 4 is 17.7 Å². The highest BCUT2D eigenvalue weighted by atomic mass is 32.2. The molecular formula is C11H12F2O2S. The van der Waals surface area contributed by atoms with Crippen LogP contribution >= 0.6 is 11.8 Å². The summed E-state index contributed by atoms with van der Waals surface area (Å²) in [6.07, 6.45) is 0. The number of aliphatic carboxylic acids is 1. The zero-order valence-corrected chi connectivity index (χ0v) is 9.72. The summed E-state index contributed by atoms with van der Waals surface area (Å²) in [5.74, 6) is -5.96. The van der Waals surface area contributed by atoms with Crippen molar-refractivity contribution in [2.24, 2.45) is 0 Å². The van der Waals surface area contributed by atoms with Gasteiger partial charge in [0.05, 0.1) is 0 Å². The van der Waals surface area contributed by atoms with Crippen LogP contribution in [0.1, 0.15) is 19.4 Å². The normalized spacial score (nSPS) is 11.8. The number of halogens is 2. The van der Waals surface area contributed by atoms with Crippen LogP contribution in [-0.4, -0.2) is 16.3 Å². The van der Waals surface area contributed by atoms with Crippen molar-refractivity contribution in [3.63, 3.8) is 0 Å². The van der Waals surface area contributed by atoms with E-state index in [9.17, 15) is 13.6 Å². The van der Waals surface area contributed by atoms with Gasteiger partial charge in [0.2, 0.25) is 0 Å². The van der Waals surface area contributed by atoms with E-state index in [0.717, 1.165) is 6.07 Å². The first-order chi connectivity index (χ1) is 7.35. The summed E-state index contributed by atoms with van der Waals surface area (Å²) in [4.78, 5) is 10.8. The maximum atomic E-state index is 13.4. The standard InChI is InChI=1S/C11H12F2O2S/c1-7(2)16-9-6-4-3-5-8(9)11(12,13)10(14)15/h3-7H,1-2H3,(H,14,15). The highest BCUT2D eigenvalue weighted by molar-refractivity contribution is 8.00. The first-order valence-electron chi connectivity index (χ1n) is 4.73. The number of alkyl halides is 2. The molecule has 0 unspecified atom stereocenters. The average molecular weight is 246 g/mol. The summed E-state index contributed by atoms with van der Waals surface area (Å²) in [5.41, 5.74) is -0.443. The Hall–Kier alpha value is -1.10. The van der Waals surface area contributed by atoms with Gasteiger partial charge in [-0.15, -0.1) is 11.8 Å². The Bertz CT molecular complexity index is 391. The Morgan fingerprint density at radius 3 is 2.44 bits per heavy atom. The topological polar surface area (TPSA) is 37.3 Å². The Morgan fingerprint density at radius 2 is 1.94 bits per heavy atom. The fourth-order valence-corrected chi connectivity index (χ4v) is 2.19. The molecule has 0 radical (unpaired) electrons. The fraction of sp³-hybridized carbons (Fsp3) is 0.364. The quantitative estimate of drug-likeness (QED) is 0.828. The zero-order valence-electron chi connectivity index (χ0n) is 8.91. The highest BCUT2D eigenvalue weighted by Crippen LogP contribution is 2.37. The van der Waals surface area contributed by atoms with E-state index in [1.54, 1.807) is 6.07 Å². The SMILES string of the molecule is CC(C)Sc1ccccc1C(F)(F)C(=O)O. The number of carbonyl (C=O) groups is 1. The lowest BCUT2D eigenvalue weighted by Crippen LogP contribution is -2.26. The maximum Gasteiger partial charge on any atom is 0.379 e. The largest absolute Gasteiger partial charge is 0.477 e. The third-order valence-corrected chi connectivity index (χ3v) is 2.94. The zero-order chi connectivity index (χ0) is 12.3. The average Bonchev–Trinajstić information content (AvgIpc) is 2.17. The van der Waals surface area contributed by atoms with E-state index in [1.165, 1.54) is 23.9 Å². The van der Waals surface area contributed by atoms with Crippen LogP contribution in [-0.2, 0) is 10.7 Å². The lowest BCUT2D eigenvalue weighted by Gasteiger charge is -2.16. The van der Waals surface area contributed by atoms with E-state index in [-0.39, 0.29) is 5.25 Å². The van der Waals surface area contributed by atoms with Gasteiger partial charge in [0.1, 0.15) is 0 Å². The predicted molar refractivity (Wildman–Crippen MR) is 59.0 cm³/mol. The molecule has 0 aliphatic heterocycles. The van der Waals surface area contributed by atoms with Gasteiger partial charge in [-0.25, -0.2) is 4.79 Å². The van der Waals surface area contributed by atoms with Crippen molar-refractivity contribution in [3.05, 3.63) is 29.8 Å². The Kier molecular flexibility index (Phi) is 3.91. The van der Waals surface area contributed by atoms with Gasteiger partial charge in [-0.2, -0.15) is 8.78 Å². The van der Waals surface area contributed by atoms with E-state index in [4.69, 9.17) is 5.11 Å². The van der Waals surface area contributed by atoms with Gasteiger partial charge in [-0.1, -0.05) is 32.0 Å². The van der Waals surface area contributed by atoms with E-state index in [0.29, 0.717) is 4.90 Å². The second kappa shape index (κ2) is 4.82. The van der Waals surface area contributed by atoms with Gasteiger partial charge < -0.3 is 5.11 Å². The molecule has 88 valence electrons. The molecule has 0 saturated heterocycles. The number of hydrogen-bond acceptors (Lipinski definition) is 2. The minimum atomic E-state index is -3.83. The van der Waals surface area contributed by atoms with Crippen molar-refractivity contribution in [1.29, 1.82) is 0 Å². The second-order valence-corrected chi connectivity index (χ2v) is 5.16. The maximum absolute atomic E-state index is 13.4. The van der Waals surface area contributed by atoms with E-state index in [1.807, 2.05) is 13.8 Å². The molecule has 1 N–H and O–H groups in total. The van der Waals surface area contributed by atoms with Gasteiger partial charge in [0, 0.05) is 15.7 Å². The highest BCUT2D eigenvalue weighted by Gasteiger charge is 2.42. The fourth-order valence-electron chi connectivity index (χ4n) is 1.20. The van der Waals surface area contributed by atoms with Crippen molar-refractivity contribution < 1.29 is 18.7 Å². The van der Waals surface area contributed by atoms with Crippen molar-refractivity contribution in [1.82, 2.24) is 0 Å². The number of hydrogen-bond donors (Lipinski definition) is 1. The van der Waals surface area contributed by atoms with Crippen LogP contribution in [0, 0.1) is 0 Å². The van der Waals surface area contributed by atoms with Crippen LogP contribution in [0.5, 0.6) is 0 Å².